The Labute approximate surface area is 249 Å². The number of nitrogens with one attached hydrogen (secondary N) is 2. The van der Waals surface area contributed by atoms with E-state index < -0.39 is 6.09 Å². The van der Waals surface area contributed by atoms with E-state index in [1.54, 1.807) is 19.2 Å². The van der Waals surface area contributed by atoms with Crippen LogP contribution in [0.15, 0.2) is 84.9 Å². The van der Waals surface area contributed by atoms with Crippen molar-refractivity contribution in [3.63, 3.8) is 0 Å². The number of nitrogens with zero attached hydrogens (tertiary/aromatic N) is 2. The molecular formula is C32H30Cl2N4O3. The zero-order valence-corrected chi connectivity index (χ0v) is 24.3. The minimum Gasteiger partial charge on any atom is -0.494 e. The molecule has 0 unspecified atom stereocenters. The van der Waals surface area contributed by atoms with Gasteiger partial charge in [0.15, 0.2) is 0 Å². The molecule has 0 atom stereocenters. The first-order valence-corrected chi connectivity index (χ1v) is 14.3. The van der Waals surface area contributed by atoms with Crippen LogP contribution in [0.1, 0.15) is 5.56 Å². The van der Waals surface area contributed by atoms with Crippen LogP contribution < -0.4 is 25.0 Å². The SMILES string of the molecule is COc1cccc2c(Nc3ccc(C)c(NC(=O)Oc4ccc(N(CCCl)CCCl)cc4)c3)c3ccccc3nc12. The number of hydrogen-bond donors (Lipinski definition) is 2. The number of anilines is 4. The van der Waals surface area contributed by atoms with Crippen molar-refractivity contribution < 1.29 is 14.3 Å². The Kier molecular flexibility index (Phi) is 8.97. The molecule has 5 rings (SSSR count). The number of carbonyl (C=O) groups excluding carboxylic acids is 1. The minimum absolute atomic E-state index is 0.429. The lowest BCUT2D eigenvalue weighted by Crippen LogP contribution is -2.27. The fourth-order valence-corrected chi connectivity index (χ4v) is 5.12. The summed E-state index contributed by atoms with van der Waals surface area (Å²) in [6, 6.07) is 26.9. The third-order valence-corrected chi connectivity index (χ3v) is 7.10. The second-order valence-electron chi connectivity index (χ2n) is 9.39. The summed E-state index contributed by atoms with van der Waals surface area (Å²) in [5.41, 5.74) is 5.81. The zero-order valence-electron chi connectivity index (χ0n) is 22.8. The van der Waals surface area contributed by atoms with Crippen molar-refractivity contribution in [2.75, 3.05) is 47.5 Å². The number of ether oxygens (including phenoxy) is 2. The van der Waals surface area contributed by atoms with Crippen molar-refractivity contribution in [1.82, 2.24) is 4.98 Å². The normalized spacial score (nSPS) is 10.9. The third-order valence-electron chi connectivity index (χ3n) is 6.76. The maximum absolute atomic E-state index is 12.8. The molecule has 5 aromatic rings. The first-order chi connectivity index (χ1) is 20.0. The van der Waals surface area contributed by atoms with Crippen LogP contribution in [0.5, 0.6) is 11.5 Å². The molecule has 0 saturated carbocycles. The van der Waals surface area contributed by atoms with Crippen LogP contribution in [0, 0.1) is 6.92 Å². The number of aryl methyl sites for hydroxylation is 1. The van der Waals surface area contributed by atoms with Gasteiger partial charge in [-0.2, -0.15) is 0 Å². The van der Waals surface area contributed by atoms with Crippen LogP contribution in [0.4, 0.5) is 27.5 Å². The molecule has 41 heavy (non-hydrogen) atoms. The number of methoxy groups -OCH3 is 1. The lowest BCUT2D eigenvalue weighted by Gasteiger charge is -2.22. The maximum Gasteiger partial charge on any atom is 0.417 e. The van der Waals surface area contributed by atoms with E-state index in [1.165, 1.54) is 0 Å². The Hall–Kier alpha value is -4.20. The topological polar surface area (TPSA) is 75.7 Å². The van der Waals surface area contributed by atoms with E-state index >= 15 is 0 Å². The number of benzene rings is 4. The molecule has 0 aliphatic rings. The molecule has 0 bridgehead atoms. The summed E-state index contributed by atoms with van der Waals surface area (Å²) < 4.78 is 11.1. The number of para-hydroxylation sites is 2. The molecule has 210 valence electrons. The van der Waals surface area contributed by atoms with Gasteiger partial charge in [-0.25, -0.2) is 9.78 Å². The summed E-state index contributed by atoms with van der Waals surface area (Å²) in [6.45, 7) is 3.28. The number of hydrogen-bond acceptors (Lipinski definition) is 6. The Morgan fingerprint density at radius 1 is 0.902 bits per heavy atom. The highest BCUT2D eigenvalue weighted by Gasteiger charge is 2.14. The van der Waals surface area contributed by atoms with Crippen LogP contribution in [-0.4, -0.2) is 43.0 Å². The van der Waals surface area contributed by atoms with Gasteiger partial charge >= 0.3 is 6.09 Å². The van der Waals surface area contributed by atoms with Gasteiger partial charge in [-0.05, 0) is 61.0 Å². The minimum atomic E-state index is -0.582. The van der Waals surface area contributed by atoms with Crippen molar-refractivity contribution >= 4 is 73.9 Å². The summed E-state index contributed by atoms with van der Waals surface area (Å²) in [5, 5.41) is 8.34. The molecule has 4 aromatic carbocycles. The molecule has 7 nitrogen and oxygen atoms in total. The van der Waals surface area contributed by atoms with Gasteiger partial charge in [0.05, 0.1) is 18.3 Å². The molecule has 1 aromatic heterocycles. The summed E-state index contributed by atoms with van der Waals surface area (Å²) in [4.78, 5) is 19.7. The summed E-state index contributed by atoms with van der Waals surface area (Å²) in [6.07, 6.45) is -0.582. The van der Waals surface area contributed by atoms with Gasteiger partial charge in [-0.15, -0.1) is 23.2 Å². The third kappa shape index (κ3) is 6.42. The highest BCUT2D eigenvalue weighted by molar-refractivity contribution is 6.18. The van der Waals surface area contributed by atoms with Crippen molar-refractivity contribution in [2.45, 2.75) is 6.92 Å². The van der Waals surface area contributed by atoms with Gasteiger partial charge in [0, 0.05) is 52.7 Å². The molecule has 0 aliphatic heterocycles. The fourth-order valence-electron chi connectivity index (χ4n) is 4.71. The van der Waals surface area contributed by atoms with E-state index in [0.717, 1.165) is 44.4 Å². The lowest BCUT2D eigenvalue weighted by atomic mass is 10.1. The Morgan fingerprint density at radius 3 is 2.37 bits per heavy atom. The molecule has 1 amide bonds. The predicted octanol–water partition coefficient (Wildman–Crippen LogP) is 8.34. The lowest BCUT2D eigenvalue weighted by molar-refractivity contribution is 0.215. The predicted molar refractivity (Wildman–Crippen MR) is 170 cm³/mol. The smallest absolute Gasteiger partial charge is 0.417 e. The van der Waals surface area contributed by atoms with Crippen molar-refractivity contribution in [1.29, 1.82) is 0 Å². The fraction of sp³-hybridized carbons (Fsp3) is 0.188. The summed E-state index contributed by atoms with van der Waals surface area (Å²) in [5.74, 6) is 2.11. The monoisotopic (exact) mass is 588 g/mol. The largest absolute Gasteiger partial charge is 0.494 e. The van der Waals surface area contributed by atoms with Gasteiger partial charge in [0.1, 0.15) is 17.0 Å². The van der Waals surface area contributed by atoms with Gasteiger partial charge < -0.3 is 19.7 Å². The van der Waals surface area contributed by atoms with Crippen LogP contribution in [0.3, 0.4) is 0 Å². The molecular weight excluding hydrogens is 559 g/mol. The number of aromatic nitrogens is 1. The second-order valence-corrected chi connectivity index (χ2v) is 10.1. The molecule has 0 aliphatic carbocycles. The average molecular weight is 590 g/mol. The first-order valence-electron chi connectivity index (χ1n) is 13.2. The van der Waals surface area contributed by atoms with E-state index in [4.69, 9.17) is 37.7 Å². The number of amides is 1. The Morgan fingerprint density at radius 2 is 1.63 bits per heavy atom. The van der Waals surface area contributed by atoms with Crippen LogP contribution in [-0.2, 0) is 0 Å². The van der Waals surface area contributed by atoms with Crippen molar-refractivity contribution in [3.05, 3.63) is 90.5 Å². The van der Waals surface area contributed by atoms with Gasteiger partial charge in [0.2, 0.25) is 0 Å². The second kappa shape index (κ2) is 13.0. The molecule has 1 heterocycles. The standard InChI is InChI=1S/C32H30Cl2N4O3/c1-21-10-11-22(35-30-25-6-3-4-8-27(25)36-31-26(30)7-5-9-29(31)40-2)20-28(21)37-32(39)41-24-14-12-23(13-15-24)38(18-16-33)19-17-34/h3-15,20H,16-19H2,1-2H3,(H,35,36)(H,37,39). The van der Waals surface area contributed by atoms with Gasteiger partial charge in [-0.1, -0.05) is 36.4 Å². The van der Waals surface area contributed by atoms with Crippen LogP contribution in [0.25, 0.3) is 21.8 Å². The zero-order chi connectivity index (χ0) is 28.8. The van der Waals surface area contributed by atoms with Crippen molar-refractivity contribution in [2.24, 2.45) is 0 Å². The van der Waals surface area contributed by atoms with Gasteiger partial charge in [0.25, 0.3) is 0 Å². The van der Waals surface area contributed by atoms with E-state index in [1.807, 2.05) is 79.7 Å². The Bertz CT molecular complexity index is 1670. The molecule has 2 N–H and O–H groups in total. The number of fused-ring (bicyclic) bond motifs is 2. The molecule has 0 fully saturated rings. The van der Waals surface area contributed by atoms with Crippen molar-refractivity contribution in [3.8, 4) is 11.5 Å². The Balaban J connectivity index is 1.37. The highest BCUT2D eigenvalue weighted by Crippen LogP contribution is 2.37. The molecule has 9 heteroatoms. The number of halogens is 2. The van der Waals surface area contributed by atoms with E-state index in [2.05, 4.69) is 15.5 Å². The summed E-state index contributed by atoms with van der Waals surface area (Å²) in [7, 11) is 1.64. The number of carbonyl (C=O) groups is 1. The van der Waals surface area contributed by atoms with Gasteiger partial charge in [-0.3, -0.25) is 5.32 Å². The molecule has 0 radical (unpaired) electrons. The quantitative estimate of drug-likeness (QED) is 0.126. The number of pyridine rings is 1. The molecule has 0 saturated heterocycles. The highest BCUT2D eigenvalue weighted by atomic mass is 35.5. The summed E-state index contributed by atoms with van der Waals surface area (Å²) >= 11 is 11.8. The van der Waals surface area contributed by atoms with Crippen LogP contribution >= 0.6 is 23.2 Å². The average Bonchev–Trinajstić information content (AvgIpc) is 2.98. The maximum atomic E-state index is 12.8. The number of alkyl halides is 2. The molecule has 0 spiro atoms. The first kappa shape index (κ1) is 28.3. The van der Waals surface area contributed by atoms with E-state index in [0.29, 0.717) is 42.0 Å². The van der Waals surface area contributed by atoms with Crippen LogP contribution in [0.2, 0.25) is 0 Å². The van der Waals surface area contributed by atoms with E-state index in [-0.39, 0.29) is 0 Å². The number of rotatable bonds is 10. The van der Waals surface area contributed by atoms with E-state index in [9.17, 15) is 4.79 Å².